The molecule has 0 unspecified atom stereocenters. The lowest BCUT2D eigenvalue weighted by Crippen LogP contribution is -2.40. The Morgan fingerprint density at radius 3 is 1.95 bits per heavy atom. The number of hydrogen-bond donors (Lipinski definition) is 1. The molecule has 37 heavy (non-hydrogen) atoms. The van der Waals surface area contributed by atoms with Crippen molar-refractivity contribution in [3.8, 4) is 23.0 Å². The zero-order chi connectivity index (χ0) is 24.5. The predicted octanol–water partition coefficient (Wildman–Crippen LogP) is 5.85. The maximum atomic E-state index is 5.66. The van der Waals surface area contributed by atoms with Gasteiger partial charge in [0.1, 0.15) is 0 Å². The molecule has 204 valence electrons. The van der Waals surface area contributed by atoms with Crippen molar-refractivity contribution in [3.05, 3.63) is 57.7 Å². The molecule has 0 aromatic heterocycles. The zero-order valence-electron chi connectivity index (χ0n) is 22.5. The largest absolute Gasteiger partial charge is 0.493 e. The lowest BCUT2D eigenvalue weighted by atomic mass is 9.80. The summed E-state index contributed by atoms with van der Waals surface area (Å²) in [7, 11) is 6.86. The number of hydrogen-bond acceptors (Lipinski definition) is 6. The molecule has 0 saturated carbocycles. The predicted molar refractivity (Wildman–Crippen MR) is 153 cm³/mol. The fraction of sp³-hybridized carbons (Fsp3) is 0.517. The van der Waals surface area contributed by atoms with Crippen molar-refractivity contribution >= 4 is 24.8 Å². The number of nitrogens with one attached hydrogen (secondary N) is 1. The third kappa shape index (κ3) is 5.53. The molecule has 2 aromatic rings. The monoisotopic (exact) mass is 550 g/mol. The summed E-state index contributed by atoms with van der Waals surface area (Å²) >= 11 is 0. The van der Waals surface area contributed by atoms with Crippen molar-refractivity contribution in [2.24, 2.45) is 0 Å². The molecule has 2 atom stereocenters. The van der Waals surface area contributed by atoms with E-state index in [1.165, 1.54) is 22.3 Å². The third-order valence-corrected chi connectivity index (χ3v) is 8.13. The van der Waals surface area contributed by atoms with Crippen molar-refractivity contribution in [1.29, 1.82) is 0 Å². The van der Waals surface area contributed by atoms with Gasteiger partial charge in [-0.05, 0) is 85.2 Å². The van der Waals surface area contributed by atoms with Crippen molar-refractivity contribution < 1.29 is 18.9 Å². The Hall–Kier alpha value is -2.12. The Kier molecular flexibility index (Phi) is 10.0. The Morgan fingerprint density at radius 1 is 0.784 bits per heavy atom. The van der Waals surface area contributed by atoms with E-state index >= 15 is 0 Å². The van der Waals surface area contributed by atoms with Crippen LogP contribution in [-0.4, -0.2) is 53.0 Å². The van der Waals surface area contributed by atoms with Crippen LogP contribution in [0.15, 0.2) is 35.4 Å². The maximum Gasteiger partial charge on any atom is 0.161 e. The minimum absolute atomic E-state index is 0. The van der Waals surface area contributed by atoms with Gasteiger partial charge in [-0.25, -0.2) is 0 Å². The summed E-state index contributed by atoms with van der Waals surface area (Å²) in [5.41, 5.74) is 8.68. The van der Waals surface area contributed by atoms with Crippen LogP contribution >= 0.6 is 24.8 Å². The van der Waals surface area contributed by atoms with Gasteiger partial charge < -0.3 is 24.3 Å². The fourth-order valence-electron chi connectivity index (χ4n) is 6.23. The van der Waals surface area contributed by atoms with Crippen LogP contribution < -0.4 is 24.3 Å². The summed E-state index contributed by atoms with van der Waals surface area (Å²) in [6.45, 7) is 5.43. The van der Waals surface area contributed by atoms with Crippen LogP contribution in [0.4, 0.5) is 0 Å². The number of ether oxygens (including phenoxy) is 4. The average Bonchev–Trinajstić information content (AvgIpc) is 2.91. The van der Waals surface area contributed by atoms with Crippen molar-refractivity contribution in [3.63, 3.8) is 0 Å². The zero-order valence-corrected chi connectivity index (χ0v) is 24.2. The maximum absolute atomic E-state index is 5.66. The van der Waals surface area contributed by atoms with Gasteiger partial charge in [0, 0.05) is 25.2 Å². The molecular weight excluding hydrogens is 511 g/mol. The summed E-state index contributed by atoms with van der Waals surface area (Å²) in [5, 5.41) is 3.80. The normalized spacial score (nSPS) is 20.5. The Balaban J connectivity index is 0.00000190. The molecule has 0 radical (unpaired) electrons. The molecule has 8 heteroatoms. The van der Waals surface area contributed by atoms with Gasteiger partial charge >= 0.3 is 0 Å². The number of rotatable bonds is 7. The molecule has 0 amide bonds. The number of fused-ring (bicyclic) bond motifs is 4. The van der Waals surface area contributed by atoms with Gasteiger partial charge in [0.05, 0.1) is 28.4 Å². The molecule has 0 fully saturated rings. The first-order valence-corrected chi connectivity index (χ1v) is 12.8. The molecule has 3 heterocycles. The van der Waals surface area contributed by atoms with Crippen molar-refractivity contribution in [2.45, 2.75) is 51.1 Å². The number of nitrogens with zero attached hydrogens (tertiary/aromatic N) is 1. The molecule has 2 aromatic carbocycles. The first kappa shape index (κ1) is 29.4. The fourth-order valence-corrected chi connectivity index (χ4v) is 6.23. The molecule has 0 aliphatic carbocycles. The van der Waals surface area contributed by atoms with Crippen molar-refractivity contribution in [2.75, 3.05) is 48.1 Å². The third-order valence-electron chi connectivity index (χ3n) is 8.13. The Bertz CT molecular complexity index is 1140. The van der Waals surface area contributed by atoms with E-state index in [0.717, 1.165) is 74.7 Å². The first-order chi connectivity index (χ1) is 17.1. The molecule has 0 bridgehead atoms. The Labute approximate surface area is 233 Å². The van der Waals surface area contributed by atoms with Crippen molar-refractivity contribution in [1.82, 2.24) is 10.2 Å². The minimum Gasteiger partial charge on any atom is -0.493 e. The topological polar surface area (TPSA) is 52.2 Å². The smallest absolute Gasteiger partial charge is 0.161 e. The van der Waals surface area contributed by atoms with E-state index in [4.69, 9.17) is 18.9 Å². The second kappa shape index (κ2) is 12.6. The Morgan fingerprint density at radius 2 is 1.35 bits per heavy atom. The minimum atomic E-state index is 0. The molecule has 3 aliphatic heterocycles. The highest BCUT2D eigenvalue weighted by molar-refractivity contribution is 5.85. The van der Waals surface area contributed by atoms with Gasteiger partial charge in [-0.15, -0.1) is 24.8 Å². The summed E-state index contributed by atoms with van der Waals surface area (Å²) < 4.78 is 22.5. The van der Waals surface area contributed by atoms with Gasteiger partial charge in [0.25, 0.3) is 0 Å². The van der Waals surface area contributed by atoms with Gasteiger partial charge in [-0.2, -0.15) is 0 Å². The molecule has 0 saturated heterocycles. The standard InChI is InChI=1S/C29H38N2O4.2ClH/c1-6-18-17-31-10-8-20-14-27(33-3)29(35-5)16-23(20)25(31)12-21(18)11-24-22-15-28(34-4)26(32-2)13-19(22)7-9-30-24;;/h13-16,24-25,30H,6-12,17H2,1-5H3;2*1H/t24-,25-;;/m0../s1. The van der Waals surface area contributed by atoms with Gasteiger partial charge in [-0.3, -0.25) is 4.90 Å². The molecule has 1 N–H and O–H groups in total. The van der Waals surface area contributed by atoms with Gasteiger partial charge in [0.15, 0.2) is 23.0 Å². The summed E-state index contributed by atoms with van der Waals surface area (Å²) in [6, 6.07) is 9.41. The second-order valence-electron chi connectivity index (χ2n) is 9.77. The van der Waals surface area contributed by atoms with E-state index in [0.29, 0.717) is 6.04 Å². The van der Waals surface area contributed by atoms with E-state index in [1.807, 2.05) is 0 Å². The van der Waals surface area contributed by atoms with Crippen LogP contribution in [0.25, 0.3) is 0 Å². The molecule has 0 spiro atoms. The van der Waals surface area contributed by atoms with Crippen LogP contribution in [-0.2, 0) is 12.8 Å². The summed E-state index contributed by atoms with van der Waals surface area (Å²) in [4.78, 5) is 2.66. The highest BCUT2D eigenvalue weighted by atomic mass is 35.5. The van der Waals surface area contributed by atoms with Gasteiger partial charge in [-0.1, -0.05) is 18.1 Å². The van der Waals surface area contributed by atoms with Crippen LogP contribution in [0, 0.1) is 0 Å². The van der Waals surface area contributed by atoms with Crippen LogP contribution in [0.1, 0.15) is 60.5 Å². The molecule has 3 aliphatic rings. The molecular formula is C29H40Cl2N2O4. The van der Waals surface area contributed by atoms with E-state index in [1.54, 1.807) is 39.6 Å². The van der Waals surface area contributed by atoms with Crippen LogP contribution in [0.3, 0.4) is 0 Å². The van der Waals surface area contributed by atoms with Crippen LogP contribution in [0.2, 0.25) is 0 Å². The van der Waals surface area contributed by atoms with E-state index in [2.05, 4.69) is 41.4 Å². The highest BCUT2D eigenvalue weighted by Crippen LogP contribution is 2.46. The number of methoxy groups -OCH3 is 4. The van der Waals surface area contributed by atoms with Crippen LogP contribution in [0.5, 0.6) is 23.0 Å². The number of halogens is 2. The summed E-state index contributed by atoms with van der Waals surface area (Å²) in [5.74, 6) is 3.27. The SMILES string of the molecule is CCC1=C(C[C@@H]2NCCc3cc(OC)c(OC)cc32)C[C@H]2c3cc(OC)c(OC)cc3CCN2C1.Cl.Cl. The first-order valence-electron chi connectivity index (χ1n) is 12.8. The number of benzene rings is 2. The van der Waals surface area contributed by atoms with Gasteiger partial charge in [0.2, 0.25) is 0 Å². The van der Waals surface area contributed by atoms with E-state index < -0.39 is 0 Å². The quantitative estimate of drug-likeness (QED) is 0.436. The second-order valence-corrected chi connectivity index (χ2v) is 9.77. The highest BCUT2D eigenvalue weighted by Gasteiger charge is 2.35. The van der Waals surface area contributed by atoms with E-state index in [-0.39, 0.29) is 30.9 Å². The lowest BCUT2D eigenvalue weighted by Gasteiger charge is -2.43. The summed E-state index contributed by atoms with van der Waals surface area (Å²) in [6.07, 6.45) is 5.25. The molecule has 6 nitrogen and oxygen atoms in total. The molecule has 5 rings (SSSR count). The lowest BCUT2D eigenvalue weighted by molar-refractivity contribution is 0.181. The average molecular weight is 552 g/mol. The van der Waals surface area contributed by atoms with E-state index in [9.17, 15) is 0 Å².